The molecule has 3 heterocycles. The lowest BCUT2D eigenvalue weighted by Gasteiger charge is -2.24. The summed E-state index contributed by atoms with van der Waals surface area (Å²) >= 11 is 18.1. The van der Waals surface area contributed by atoms with Gasteiger partial charge in [0.05, 0.1) is 28.5 Å². The van der Waals surface area contributed by atoms with Crippen LogP contribution in [0.2, 0.25) is 10.0 Å². The van der Waals surface area contributed by atoms with Crippen LogP contribution in [0.3, 0.4) is 0 Å². The van der Waals surface area contributed by atoms with Crippen LogP contribution >= 0.6 is 35.4 Å². The molecule has 7 heteroatoms. The maximum atomic E-state index is 6.49. The summed E-state index contributed by atoms with van der Waals surface area (Å²) in [4.78, 5) is 6.66. The van der Waals surface area contributed by atoms with Crippen molar-refractivity contribution in [3.63, 3.8) is 0 Å². The molecule has 1 saturated heterocycles. The zero-order chi connectivity index (χ0) is 20.0. The van der Waals surface area contributed by atoms with Crippen molar-refractivity contribution in [1.29, 1.82) is 0 Å². The minimum atomic E-state index is -0.0201. The highest BCUT2D eigenvalue weighted by molar-refractivity contribution is 7.80. The Morgan fingerprint density at radius 3 is 2.57 bits per heavy atom. The fraction of sp³-hybridized carbons (Fsp3) is 0.238. The molecule has 0 aliphatic carbocycles. The van der Waals surface area contributed by atoms with Crippen LogP contribution in [0.15, 0.2) is 48.7 Å². The molecule has 1 N–H and O–H groups in total. The van der Waals surface area contributed by atoms with Gasteiger partial charge in [-0.25, -0.2) is 0 Å². The highest BCUT2D eigenvalue weighted by Gasteiger charge is 2.39. The topological polar surface area (TPSA) is 33.1 Å². The number of aryl methyl sites for hydroxylation is 1. The maximum absolute atomic E-state index is 6.49. The van der Waals surface area contributed by atoms with Crippen molar-refractivity contribution >= 4 is 40.5 Å². The molecular weight excluding hydrogens is 411 g/mol. The molecule has 0 bridgehead atoms. The Morgan fingerprint density at radius 1 is 1.11 bits per heavy atom. The zero-order valence-electron chi connectivity index (χ0n) is 15.8. The maximum Gasteiger partial charge on any atom is 0.169 e. The summed E-state index contributed by atoms with van der Waals surface area (Å²) in [7, 11) is 2.02. The highest BCUT2D eigenvalue weighted by Crippen LogP contribution is 2.41. The van der Waals surface area contributed by atoms with Crippen LogP contribution in [0.4, 0.5) is 0 Å². The van der Waals surface area contributed by atoms with Crippen molar-refractivity contribution in [2.24, 2.45) is 0 Å². The smallest absolute Gasteiger partial charge is 0.169 e. The molecule has 4 rings (SSSR count). The third-order valence-electron chi connectivity index (χ3n) is 5.28. The normalized spacial score (nSPS) is 19.2. The van der Waals surface area contributed by atoms with E-state index in [1.54, 1.807) is 6.07 Å². The lowest BCUT2D eigenvalue weighted by Crippen LogP contribution is -2.25. The molecule has 1 aliphatic rings. The van der Waals surface area contributed by atoms with E-state index in [2.05, 4.69) is 39.7 Å². The molecule has 0 spiro atoms. The van der Waals surface area contributed by atoms with Gasteiger partial charge in [-0.2, -0.15) is 0 Å². The average Bonchev–Trinajstić information content (AvgIpc) is 3.12. The Hall–Kier alpha value is -2.08. The summed E-state index contributed by atoms with van der Waals surface area (Å²) in [5.41, 5.74) is 5.29. The van der Waals surface area contributed by atoms with Gasteiger partial charge in [0.1, 0.15) is 0 Å². The second kappa shape index (κ2) is 7.39. The molecule has 2 aromatic heterocycles. The quantitative estimate of drug-likeness (QED) is 0.563. The first kappa shape index (κ1) is 19.2. The van der Waals surface area contributed by atoms with Gasteiger partial charge in [0.2, 0.25) is 0 Å². The van der Waals surface area contributed by atoms with Gasteiger partial charge >= 0.3 is 0 Å². The van der Waals surface area contributed by atoms with E-state index in [0.717, 1.165) is 27.9 Å². The van der Waals surface area contributed by atoms with Gasteiger partial charge in [0, 0.05) is 29.7 Å². The molecule has 144 valence electrons. The Bertz CT molecular complexity index is 1050. The first-order chi connectivity index (χ1) is 13.4. The number of hydrogen-bond donors (Lipinski definition) is 1. The van der Waals surface area contributed by atoms with Gasteiger partial charge in [-0.05, 0) is 68.0 Å². The number of pyridine rings is 1. The van der Waals surface area contributed by atoms with E-state index < -0.39 is 0 Å². The van der Waals surface area contributed by atoms with Crippen molar-refractivity contribution < 1.29 is 0 Å². The van der Waals surface area contributed by atoms with Crippen LogP contribution in [-0.2, 0) is 0 Å². The van der Waals surface area contributed by atoms with Gasteiger partial charge < -0.3 is 14.8 Å². The van der Waals surface area contributed by atoms with Crippen molar-refractivity contribution in [2.45, 2.75) is 25.9 Å². The molecule has 0 radical (unpaired) electrons. The first-order valence-corrected chi connectivity index (χ1v) is 10.1. The van der Waals surface area contributed by atoms with Crippen molar-refractivity contribution in [1.82, 2.24) is 19.8 Å². The second-order valence-corrected chi connectivity index (χ2v) is 8.23. The number of thiocarbonyl (C=S) groups is 1. The fourth-order valence-corrected chi connectivity index (χ4v) is 4.70. The van der Waals surface area contributed by atoms with Crippen molar-refractivity contribution in [3.8, 4) is 5.69 Å². The first-order valence-electron chi connectivity index (χ1n) is 8.97. The van der Waals surface area contributed by atoms with Crippen molar-refractivity contribution in [3.05, 3.63) is 81.4 Å². The number of nitrogens with zero attached hydrogens (tertiary/aromatic N) is 3. The zero-order valence-corrected chi connectivity index (χ0v) is 18.1. The van der Waals surface area contributed by atoms with Crippen LogP contribution in [-0.4, -0.2) is 26.6 Å². The molecule has 28 heavy (non-hydrogen) atoms. The number of benzene rings is 1. The second-order valence-electron chi connectivity index (χ2n) is 7.00. The molecule has 2 atom stereocenters. The van der Waals surface area contributed by atoms with E-state index in [4.69, 9.17) is 35.4 Å². The van der Waals surface area contributed by atoms with Crippen LogP contribution < -0.4 is 5.32 Å². The number of aromatic nitrogens is 2. The monoisotopic (exact) mass is 430 g/mol. The van der Waals surface area contributed by atoms with Gasteiger partial charge in [0.25, 0.3) is 0 Å². The van der Waals surface area contributed by atoms with Crippen LogP contribution in [0, 0.1) is 13.8 Å². The van der Waals surface area contributed by atoms with Gasteiger partial charge in [-0.3, -0.25) is 4.98 Å². The highest BCUT2D eigenvalue weighted by atomic mass is 35.5. The molecular formula is C21H20Cl2N4S. The molecule has 0 unspecified atom stereocenters. The molecule has 1 aliphatic heterocycles. The standard InChI is InChI=1S/C21H20Cl2N4S/c1-12-10-15(13(2)27(12)18-8-7-14(22)11-16(18)23)20-19(25-21(28)26(20)3)17-6-4-5-9-24-17/h4-11,19-20H,1-3H3,(H,25,28)/t19-,20+/m0/s1. The number of hydrogen-bond acceptors (Lipinski definition) is 2. The summed E-state index contributed by atoms with van der Waals surface area (Å²) in [5, 5.41) is 5.39. The van der Waals surface area contributed by atoms with Crippen LogP contribution in [0.1, 0.15) is 34.7 Å². The number of rotatable bonds is 3. The number of halogens is 2. The molecule has 0 amide bonds. The summed E-state index contributed by atoms with van der Waals surface area (Å²) in [6.45, 7) is 4.19. The lowest BCUT2D eigenvalue weighted by molar-refractivity contribution is 0.367. The molecule has 0 saturated carbocycles. The van der Waals surface area contributed by atoms with E-state index in [-0.39, 0.29) is 12.1 Å². The number of nitrogens with one attached hydrogen (secondary N) is 1. The Balaban J connectivity index is 1.83. The average molecular weight is 431 g/mol. The van der Waals surface area contributed by atoms with E-state index in [1.807, 2.05) is 43.6 Å². The van der Waals surface area contributed by atoms with Crippen molar-refractivity contribution in [2.75, 3.05) is 7.05 Å². The van der Waals surface area contributed by atoms with E-state index in [9.17, 15) is 0 Å². The summed E-state index contributed by atoms with van der Waals surface area (Å²) in [5.74, 6) is 0. The third-order valence-corrected chi connectivity index (χ3v) is 6.22. The van der Waals surface area contributed by atoms with Gasteiger partial charge in [-0.15, -0.1) is 0 Å². The van der Waals surface area contributed by atoms with Gasteiger partial charge in [0.15, 0.2) is 5.11 Å². The predicted molar refractivity (Wildman–Crippen MR) is 118 cm³/mol. The summed E-state index contributed by atoms with van der Waals surface area (Å²) in [6, 6.07) is 13.7. The number of likely N-dealkylation sites (N-methyl/N-ethyl adjacent to an activating group) is 1. The Morgan fingerprint density at radius 2 is 1.89 bits per heavy atom. The third kappa shape index (κ3) is 3.17. The summed E-state index contributed by atoms with van der Waals surface area (Å²) < 4.78 is 2.17. The molecule has 1 aromatic carbocycles. The molecule has 1 fully saturated rings. The Labute approximate surface area is 180 Å². The van der Waals surface area contributed by atoms with E-state index >= 15 is 0 Å². The van der Waals surface area contributed by atoms with Crippen LogP contribution in [0.5, 0.6) is 0 Å². The molecule has 4 nitrogen and oxygen atoms in total. The summed E-state index contributed by atoms with van der Waals surface area (Å²) in [6.07, 6.45) is 1.81. The fourth-order valence-electron chi connectivity index (χ4n) is 3.97. The molecule has 3 aromatic rings. The Kier molecular flexibility index (Phi) is 5.08. The lowest BCUT2D eigenvalue weighted by atomic mass is 9.97. The predicted octanol–water partition coefficient (Wildman–Crippen LogP) is 5.40. The van der Waals surface area contributed by atoms with Crippen LogP contribution in [0.25, 0.3) is 5.69 Å². The van der Waals surface area contributed by atoms with E-state index in [0.29, 0.717) is 10.0 Å². The van der Waals surface area contributed by atoms with Gasteiger partial charge in [-0.1, -0.05) is 29.3 Å². The minimum absolute atomic E-state index is 0.0201. The largest absolute Gasteiger partial charge is 0.352 e. The minimum Gasteiger partial charge on any atom is -0.352 e. The SMILES string of the molecule is Cc1cc([C@@H]2[C@H](c3ccccn3)NC(=S)N2C)c(C)n1-c1ccc(Cl)cc1Cl. The van der Waals surface area contributed by atoms with E-state index in [1.165, 1.54) is 5.56 Å².